The molecule has 8 heteroatoms. The zero-order valence-electron chi connectivity index (χ0n) is 20.7. The number of benzene rings is 2. The Hall–Kier alpha value is -2.97. The number of hydrogen-bond acceptors (Lipinski definition) is 5. The second-order valence-corrected chi connectivity index (χ2v) is 9.51. The predicted molar refractivity (Wildman–Crippen MR) is 132 cm³/mol. The summed E-state index contributed by atoms with van der Waals surface area (Å²) in [7, 11) is 0. The molecule has 0 spiro atoms. The van der Waals surface area contributed by atoms with Gasteiger partial charge in [0.2, 0.25) is 11.8 Å². The summed E-state index contributed by atoms with van der Waals surface area (Å²) < 4.78 is 20.0. The van der Waals surface area contributed by atoms with Gasteiger partial charge in [0.15, 0.2) is 0 Å². The number of carbonyl (C=O) groups is 2. The van der Waals surface area contributed by atoms with Crippen molar-refractivity contribution in [2.45, 2.75) is 58.3 Å². The summed E-state index contributed by atoms with van der Waals surface area (Å²) in [5.41, 5.74) is 1.56. The van der Waals surface area contributed by atoms with Crippen molar-refractivity contribution < 1.29 is 23.8 Å². The van der Waals surface area contributed by atoms with E-state index >= 15 is 0 Å². The van der Waals surface area contributed by atoms with E-state index in [4.69, 9.17) is 4.74 Å². The van der Waals surface area contributed by atoms with Crippen molar-refractivity contribution in [2.75, 3.05) is 19.7 Å². The highest BCUT2D eigenvalue weighted by atomic mass is 19.1. The lowest BCUT2D eigenvalue weighted by atomic mass is 9.94. The van der Waals surface area contributed by atoms with E-state index < -0.39 is 24.0 Å². The van der Waals surface area contributed by atoms with Crippen LogP contribution < -0.4 is 15.4 Å². The summed E-state index contributed by atoms with van der Waals surface area (Å²) in [5, 5.41) is 17.0. The van der Waals surface area contributed by atoms with Gasteiger partial charge in [-0.15, -0.1) is 0 Å². The van der Waals surface area contributed by atoms with E-state index in [1.165, 1.54) is 19.1 Å². The number of piperazine rings is 1. The fourth-order valence-corrected chi connectivity index (χ4v) is 4.22. The van der Waals surface area contributed by atoms with Crippen LogP contribution in [0.2, 0.25) is 0 Å². The summed E-state index contributed by atoms with van der Waals surface area (Å²) in [6, 6.07) is 12.4. The maximum absolute atomic E-state index is 14.3. The minimum Gasteiger partial charge on any atom is -0.493 e. The molecule has 3 rings (SSSR count). The lowest BCUT2D eigenvalue weighted by Gasteiger charge is -2.38. The molecule has 1 fully saturated rings. The third-order valence-electron chi connectivity index (χ3n) is 6.03. The van der Waals surface area contributed by atoms with Crippen LogP contribution in [0.3, 0.4) is 0 Å². The molecule has 35 heavy (non-hydrogen) atoms. The van der Waals surface area contributed by atoms with Gasteiger partial charge in [-0.2, -0.15) is 0 Å². The zero-order chi connectivity index (χ0) is 25.4. The van der Waals surface area contributed by atoms with E-state index in [1.807, 2.05) is 30.3 Å². The fourth-order valence-electron chi connectivity index (χ4n) is 4.22. The smallest absolute Gasteiger partial charge is 0.242 e. The average molecular weight is 486 g/mol. The van der Waals surface area contributed by atoms with Gasteiger partial charge in [-0.3, -0.25) is 9.59 Å². The highest BCUT2D eigenvalue weighted by Gasteiger charge is 2.38. The Balaban J connectivity index is 1.73. The SMILES string of the molecule is CC(=O)N[C@@H](Cc1cc(F)cc(OCCC(C)C)c1)[C@H](O)[C@@H]1NCCN(Cc2ccccc2)C1=O. The first-order valence-electron chi connectivity index (χ1n) is 12.2. The van der Waals surface area contributed by atoms with E-state index in [-0.39, 0.29) is 18.2 Å². The van der Waals surface area contributed by atoms with Gasteiger partial charge in [-0.05, 0) is 42.0 Å². The van der Waals surface area contributed by atoms with Gasteiger partial charge in [0.1, 0.15) is 17.6 Å². The van der Waals surface area contributed by atoms with Gasteiger partial charge in [-0.1, -0.05) is 44.2 Å². The Morgan fingerprint density at radius 3 is 2.66 bits per heavy atom. The molecule has 0 aliphatic carbocycles. The third kappa shape index (κ3) is 8.04. The predicted octanol–water partition coefficient (Wildman–Crippen LogP) is 2.66. The first-order chi connectivity index (χ1) is 16.7. The normalized spacial score (nSPS) is 17.8. The van der Waals surface area contributed by atoms with Crippen LogP contribution in [0.25, 0.3) is 0 Å². The number of aliphatic hydroxyl groups excluding tert-OH is 1. The molecule has 2 aromatic carbocycles. The van der Waals surface area contributed by atoms with E-state index in [9.17, 15) is 19.1 Å². The molecule has 2 amide bonds. The Morgan fingerprint density at radius 2 is 1.97 bits per heavy atom. The van der Waals surface area contributed by atoms with Crippen LogP contribution in [0.5, 0.6) is 5.75 Å². The first kappa shape index (κ1) is 26.6. The van der Waals surface area contributed by atoms with Crippen LogP contribution in [0.1, 0.15) is 38.3 Å². The van der Waals surface area contributed by atoms with Crippen molar-refractivity contribution in [3.63, 3.8) is 0 Å². The zero-order valence-corrected chi connectivity index (χ0v) is 20.7. The number of nitrogens with one attached hydrogen (secondary N) is 2. The van der Waals surface area contributed by atoms with E-state index in [1.54, 1.807) is 11.0 Å². The number of ether oxygens (including phenoxy) is 1. The molecule has 2 aromatic rings. The molecule has 0 unspecified atom stereocenters. The van der Waals surface area contributed by atoms with Crippen LogP contribution in [-0.4, -0.2) is 59.7 Å². The van der Waals surface area contributed by atoms with E-state index in [0.717, 1.165) is 12.0 Å². The summed E-state index contributed by atoms with van der Waals surface area (Å²) >= 11 is 0. The molecule has 0 aromatic heterocycles. The molecule has 7 nitrogen and oxygen atoms in total. The second kappa shape index (κ2) is 12.7. The number of amides is 2. The first-order valence-corrected chi connectivity index (χ1v) is 12.2. The van der Waals surface area contributed by atoms with Crippen LogP contribution in [0.15, 0.2) is 48.5 Å². The summed E-state index contributed by atoms with van der Waals surface area (Å²) in [6.07, 6.45) is -0.226. The van der Waals surface area contributed by atoms with Crippen molar-refractivity contribution in [1.82, 2.24) is 15.5 Å². The minimum absolute atomic E-state index is 0.142. The number of halogens is 1. The monoisotopic (exact) mass is 485 g/mol. The van der Waals surface area contributed by atoms with Crippen molar-refractivity contribution in [3.05, 3.63) is 65.5 Å². The number of nitrogens with zero attached hydrogens (tertiary/aromatic N) is 1. The van der Waals surface area contributed by atoms with Gasteiger partial charge < -0.3 is 25.4 Å². The van der Waals surface area contributed by atoms with Crippen molar-refractivity contribution >= 4 is 11.8 Å². The third-order valence-corrected chi connectivity index (χ3v) is 6.03. The second-order valence-electron chi connectivity index (χ2n) is 9.51. The maximum Gasteiger partial charge on any atom is 0.242 e. The van der Waals surface area contributed by atoms with Crippen molar-refractivity contribution in [3.8, 4) is 5.75 Å². The van der Waals surface area contributed by atoms with E-state index in [0.29, 0.717) is 43.5 Å². The Bertz CT molecular complexity index is 986. The lowest BCUT2D eigenvalue weighted by molar-refractivity contribution is -0.141. The number of carbonyl (C=O) groups excluding carboxylic acids is 2. The topological polar surface area (TPSA) is 90.9 Å². The molecule has 190 valence electrons. The standard InChI is InChI=1S/C27H36FN3O4/c1-18(2)9-12-35-23-14-21(13-22(28)16-23)15-24(30-19(3)32)26(33)25-27(34)31(11-10-29-25)17-20-7-5-4-6-8-20/h4-8,13-14,16,18,24-26,29,33H,9-12,15,17H2,1-3H3,(H,30,32)/t24-,25-,26-/m0/s1. The van der Waals surface area contributed by atoms with Crippen LogP contribution in [0.4, 0.5) is 4.39 Å². The Labute approximate surface area is 206 Å². The molecule has 1 aliphatic rings. The summed E-state index contributed by atoms with van der Waals surface area (Å²) in [6.45, 7) is 7.46. The highest BCUT2D eigenvalue weighted by Crippen LogP contribution is 2.21. The molecule has 0 radical (unpaired) electrons. The summed E-state index contributed by atoms with van der Waals surface area (Å²) in [4.78, 5) is 26.8. The van der Waals surface area contributed by atoms with Crippen LogP contribution >= 0.6 is 0 Å². The lowest BCUT2D eigenvalue weighted by Crippen LogP contribution is -2.63. The quantitative estimate of drug-likeness (QED) is 0.455. The molecule has 3 atom stereocenters. The van der Waals surface area contributed by atoms with E-state index in [2.05, 4.69) is 24.5 Å². The molecule has 0 bridgehead atoms. The molecule has 1 heterocycles. The van der Waals surface area contributed by atoms with Crippen molar-refractivity contribution in [1.29, 1.82) is 0 Å². The van der Waals surface area contributed by atoms with Gasteiger partial charge >= 0.3 is 0 Å². The minimum atomic E-state index is -1.21. The number of aliphatic hydroxyl groups is 1. The molecule has 1 aliphatic heterocycles. The number of hydrogen-bond donors (Lipinski definition) is 3. The van der Waals surface area contributed by atoms with Crippen molar-refractivity contribution in [2.24, 2.45) is 5.92 Å². The van der Waals surface area contributed by atoms with Gasteiger partial charge in [0, 0.05) is 32.6 Å². The van der Waals surface area contributed by atoms with Crippen LogP contribution in [-0.2, 0) is 22.6 Å². The van der Waals surface area contributed by atoms with Gasteiger partial charge in [-0.25, -0.2) is 4.39 Å². The maximum atomic E-state index is 14.3. The molecule has 1 saturated heterocycles. The van der Waals surface area contributed by atoms with Gasteiger partial charge in [0.25, 0.3) is 0 Å². The molecule has 3 N–H and O–H groups in total. The molecular weight excluding hydrogens is 449 g/mol. The van der Waals surface area contributed by atoms with Gasteiger partial charge in [0.05, 0.1) is 18.8 Å². The Morgan fingerprint density at radius 1 is 1.23 bits per heavy atom. The fraction of sp³-hybridized carbons (Fsp3) is 0.481. The van der Waals surface area contributed by atoms with Crippen LogP contribution in [0, 0.1) is 11.7 Å². The average Bonchev–Trinajstić information content (AvgIpc) is 2.79. The largest absolute Gasteiger partial charge is 0.493 e. The molecular formula is C27H36FN3O4. The summed E-state index contributed by atoms with van der Waals surface area (Å²) in [5.74, 6) is -0.177. The highest BCUT2D eigenvalue weighted by molar-refractivity contribution is 5.83. The molecule has 0 saturated carbocycles. The number of rotatable bonds is 11. The Kier molecular flexibility index (Phi) is 9.63.